The Balaban J connectivity index is 1.63. The third-order valence-electron chi connectivity index (χ3n) is 6.35. The highest BCUT2D eigenvalue weighted by molar-refractivity contribution is 7.07. The SMILES string of the molecule is CCOc1ccc(/C=c2\sc3n(c2=O)[C@@H](c2ccc(F)cc2)C(C(=O)Nc2ccccc2)=C(C)N=3)cc1OCC. The van der Waals surface area contributed by atoms with E-state index in [0.717, 1.165) is 5.56 Å². The van der Waals surface area contributed by atoms with Crippen molar-refractivity contribution in [3.63, 3.8) is 0 Å². The molecule has 3 aromatic carbocycles. The number of carbonyl (C=O) groups excluding carboxylic acids is 1. The number of allylic oxidation sites excluding steroid dienone is 1. The number of amides is 1. The van der Waals surface area contributed by atoms with Gasteiger partial charge in [0, 0.05) is 5.69 Å². The van der Waals surface area contributed by atoms with Crippen LogP contribution in [-0.4, -0.2) is 23.7 Å². The number of rotatable bonds is 8. The van der Waals surface area contributed by atoms with Crippen molar-refractivity contribution in [2.75, 3.05) is 18.5 Å². The molecule has 2 heterocycles. The lowest BCUT2D eigenvalue weighted by Gasteiger charge is -2.25. The van der Waals surface area contributed by atoms with E-state index >= 15 is 0 Å². The van der Waals surface area contributed by atoms with Gasteiger partial charge in [0.1, 0.15) is 5.82 Å². The van der Waals surface area contributed by atoms with Crippen LogP contribution in [0.4, 0.5) is 10.1 Å². The molecule has 0 saturated heterocycles. The van der Waals surface area contributed by atoms with Gasteiger partial charge in [0.15, 0.2) is 16.3 Å². The van der Waals surface area contributed by atoms with E-state index in [2.05, 4.69) is 10.3 Å². The fourth-order valence-electron chi connectivity index (χ4n) is 4.60. The van der Waals surface area contributed by atoms with Crippen molar-refractivity contribution in [1.29, 1.82) is 0 Å². The number of para-hydroxylation sites is 1. The summed E-state index contributed by atoms with van der Waals surface area (Å²) in [5.74, 6) is 0.423. The topological polar surface area (TPSA) is 81.9 Å². The summed E-state index contributed by atoms with van der Waals surface area (Å²) in [6.07, 6.45) is 1.77. The van der Waals surface area contributed by atoms with Crippen molar-refractivity contribution >= 4 is 29.0 Å². The summed E-state index contributed by atoms with van der Waals surface area (Å²) in [6.45, 7) is 6.51. The van der Waals surface area contributed by atoms with Gasteiger partial charge in [0.2, 0.25) is 0 Å². The van der Waals surface area contributed by atoms with E-state index in [0.29, 0.717) is 56.6 Å². The molecular formula is C31H28FN3O4S. The van der Waals surface area contributed by atoms with Gasteiger partial charge in [0.05, 0.1) is 35.1 Å². The molecule has 0 fully saturated rings. The van der Waals surface area contributed by atoms with E-state index in [1.807, 2.05) is 50.2 Å². The summed E-state index contributed by atoms with van der Waals surface area (Å²) in [4.78, 5) is 32.6. The van der Waals surface area contributed by atoms with Crippen LogP contribution in [0.25, 0.3) is 6.08 Å². The van der Waals surface area contributed by atoms with Gasteiger partial charge in [-0.25, -0.2) is 9.38 Å². The minimum Gasteiger partial charge on any atom is -0.490 e. The lowest BCUT2D eigenvalue weighted by molar-refractivity contribution is -0.113. The fourth-order valence-corrected chi connectivity index (χ4v) is 5.65. The minimum absolute atomic E-state index is 0.303. The number of carbonyl (C=O) groups is 1. The highest BCUT2D eigenvalue weighted by Gasteiger charge is 2.32. The second-order valence-corrected chi connectivity index (χ2v) is 10.0. The van der Waals surface area contributed by atoms with Crippen LogP contribution in [0.5, 0.6) is 11.5 Å². The van der Waals surface area contributed by atoms with Gasteiger partial charge in [-0.05, 0) is 74.4 Å². The molecule has 0 bridgehead atoms. The summed E-state index contributed by atoms with van der Waals surface area (Å²) in [5.41, 5.74) is 2.46. The number of fused-ring (bicyclic) bond motifs is 1. The summed E-state index contributed by atoms with van der Waals surface area (Å²) in [5, 5.41) is 2.91. The summed E-state index contributed by atoms with van der Waals surface area (Å²) in [6, 6.07) is 19.6. The van der Waals surface area contributed by atoms with Gasteiger partial charge in [-0.2, -0.15) is 0 Å². The highest BCUT2D eigenvalue weighted by atomic mass is 32.1. The molecule has 5 rings (SSSR count). The zero-order chi connectivity index (χ0) is 28.2. The second kappa shape index (κ2) is 11.7. The van der Waals surface area contributed by atoms with Gasteiger partial charge in [-0.15, -0.1) is 0 Å². The third-order valence-corrected chi connectivity index (χ3v) is 7.33. The van der Waals surface area contributed by atoms with E-state index in [4.69, 9.17) is 9.47 Å². The molecule has 1 N–H and O–H groups in total. The smallest absolute Gasteiger partial charge is 0.271 e. The van der Waals surface area contributed by atoms with E-state index < -0.39 is 11.9 Å². The zero-order valence-corrected chi connectivity index (χ0v) is 23.1. The molecule has 0 saturated carbocycles. The molecule has 204 valence electrons. The Kier molecular flexibility index (Phi) is 7.93. The minimum atomic E-state index is -0.790. The van der Waals surface area contributed by atoms with E-state index in [-0.39, 0.29) is 11.5 Å². The van der Waals surface area contributed by atoms with Crippen molar-refractivity contribution in [1.82, 2.24) is 4.57 Å². The largest absolute Gasteiger partial charge is 0.490 e. The molecule has 40 heavy (non-hydrogen) atoms. The zero-order valence-electron chi connectivity index (χ0n) is 22.3. The number of benzene rings is 3. The van der Waals surface area contributed by atoms with Crippen LogP contribution in [0.1, 0.15) is 37.9 Å². The second-order valence-electron chi connectivity index (χ2n) is 9.03. The fraction of sp³-hybridized carbons (Fsp3) is 0.194. The number of anilines is 1. The Labute approximate surface area is 234 Å². The third kappa shape index (κ3) is 5.46. The Hall–Kier alpha value is -4.50. The normalized spacial score (nSPS) is 14.9. The number of hydrogen-bond donors (Lipinski definition) is 1. The van der Waals surface area contributed by atoms with Crippen molar-refractivity contribution in [2.24, 2.45) is 4.99 Å². The van der Waals surface area contributed by atoms with Gasteiger partial charge >= 0.3 is 0 Å². The molecule has 0 unspecified atom stereocenters. The molecule has 0 spiro atoms. The van der Waals surface area contributed by atoms with Gasteiger partial charge in [-0.3, -0.25) is 14.2 Å². The van der Waals surface area contributed by atoms with Gasteiger partial charge in [-0.1, -0.05) is 47.7 Å². The van der Waals surface area contributed by atoms with Gasteiger partial charge < -0.3 is 14.8 Å². The van der Waals surface area contributed by atoms with Crippen molar-refractivity contribution in [2.45, 2.75) is 26.8 Å². The molecule has 7 nitrogen and oxygen atoms in total. The molecule has 0 aliphatic carbocycles. The Bertz CT molecular complexity index is 1760. The first-order chi connectivity index (χ1) is 19.4. The summed E-state index contributed by atoms with van der Waals surface area (Å²) < 4.78 is 27.2. The van der Waals surface area contributed by atoms with Gasteiger partial charge in [0.25, 0.3) is 11.5 Å². The van der Waals surface area contributed by atoms with Crippen LogP contribution in [-0.2, 0) is 4.79 Å². The Morgan fingerprint density at radius 2 is 1.73 bits per heavy atom. The first kappa shape index (κ1) is 27.1. The lowest BCUT2D eigenvalue weighted by Crippen LogP contribution is -2.40. The average Bonchev–Trinajstić information content (AvgIpc) is 3.24. The number of nitrogens with one attached hydrogen (secondary N) is 1. The number of halogens is 1. The average molecular weight is 558 g/mol. The van der Waals surface area contributed by atoms with Crippen LogP contribution in [0, 0.1) is 5.82 Å². The van der Waals surface area contributed by atoms with Crippen LogP contribution in [0.15, 0.2) is 93.9 Å². The lowest BCUT2D eigenvalue weighted by atomic mass is 9.95. The van der Waals surface area contributed by atoms with Crippen LogP contribution in [0.2, 0.25) is 0 Å². The maximum Gasteiger partial charge on any atom is 0.271 e. The van der Waals surface area contributed by atoms with E-state index in [1.165, 1.54) is 28.0 Å². The maximum atomic E-state index is 13.9. The van der Waals surface area contributed by atoms with Crippen molar-refractivity contribution in [3.05, 3.63) is 121 Å². The molecule has 9 heteroatoms. The predicted octanol–water partition coefficient (Wildman–Crippen LogP) is 4.81. The molecular weight excluding hydrogens is 529 g/mol. The number of aromatic nitrogens is 1. The summed E-state index contributed by atoms with van der Waals surface area (Å²) in [7, 11) is 0. The van der Waals surface area contributed by atoms with Crippen LogP contribution < -0.4 is 29.7 Å². The van der Waals surface area contributed by atoms with Crippen LogP contribution >= 0.6 is 11.3 Å². The molecule has 1 amide bonds. The summed E-state index contributed by atoms with van der Waals surface area (Å²) >= 11 is 1.23. The Morgan fingerprint density at radius 3 is 2.42 bits per heavy atom. The molecule has 1 aromatic heterocycles. The number of nitrogens with zero attached hydrogens (tertiary/aromatic N) is 2. The quantitative estimate of drug-likeness (QED) is 0.337. The van der Waals surface area contributed by atoms with Crippen LogP contribution in [0.3, 0.4) is 0 Å². The van der Waals surface area contributed by atoms with Crippen molar-refractivity contribution in [3.8, 4) is 11.5 Å². The molecule has 0 radical (unpaired) electrons. The molecule has 1 aliphatic heterocycles. The molecule has 1 aliphatic rings. The standard InChI is InChI=1S/C31H28FN3O4S/c1-4-38-24-16-11-20(17-25(24)39-5-2)18-26-30(37)35-28(21-12-14-22(32)15-13-21)27(19(3)33-31(35)40-26)29(36)34-23-9-7-6-8-10-23/h6-18,28H,4-5H2,1-3H3,(H,34,36)/b26-18-/t28-/m0/s1. The first-order valence-electron chi connectivity index (χ1n) is 12.9. The Morgan fingerprint density at radius 1 is 1.02 bits per heavy atom. The maximum absolute atomic E-state index is 13.9. The number of ether oxygens (including phenoxy) is 2. The molecule has 4 aromatic rings. The molecule has 1 atom stereocenters. The predicted molar refractivity (Wildman–Crippen MR) is 154 cm³/mol. The number of hydrogen-bond acceptors (Lipinski definition) is 6. The van der Waals surface area contributed by atoms with Crippen molar-refractivity contribution < 1.29 is 18.7 Å². The first-order valence-corrected chi connectivity index (χ1v) is 13.7. The number of thiazole rings is 1. The monoisotopic (exact) mass is 557 g/mol. The highest BCUT2D eigenvalue weighted by Crippen LogP contribution is 2.31. The van der Waals surface area contributed by atoms with E-state index in [1.54, 1.807) is 37.3 Å². The van der Waals surface area contributed by atoms with E-state index in [9.17, 15) is 14.0 Å².